The highest BCUT2D eigenvalue weighted by Gasteiger charge is 2.25. The number of H-pyrrole nitrogens is 1. The third-order valence-electron chi connectivity index (χ3n) is 10.4. The summed E-state index contributed by atoms with van der Waals surface area (Å²) in [5, 5.41) is 26.3. The molecule has 0 radical (unpaired) electrons. The van der Waals surface area contributed by atoms with Crippen LogP contribution in [0.25, 0.3) is 94.8 Å². The minimum atomic E-state index is -1.30. The van der Waals surface area contributed by atoms with E-state index in [9.17, 15) is 19.8 Å². The molecule has 6 heterocycles. The highest BCUT2D eigenvalue weighted by atomic mass is 16.3. The molecule has 58 heavy (non-hydrogen) atoms. The second-order valence-electron chi connectivity index (χ2n) is 14.1. The zero-order valence-electron chi connectivity index (χ0n) is 30.5. The summed E-state index contributed by atoms with van der Waals surface area (Å²) in [6.45, 7) is 0. The Bertz CT molecular complexity index is 3250. The molecule has 10 rings (SSSR count). The number of aromatic amines is 1. The summed E-state index contributed by atoms with van der Waals surface area (Å²) in [7, 11) is 0. The molecule has 11 nitrogen and oxygen atoms in total. The Hall–Kier alpha value is -8.02. The van der Waals surface area contributed by atoms with Crippen molar-refractivity contribution in [1.82, 2.24) is 24.9 Å². The summed E-state index contributed by atoms with van der Waals surface area (Å²) in [4.78, 5) is 46.3. The predicted molar refractivity (Wildman–Crippen MR) is 226 cm³/mol. The normalized spacial score (nSPS) is 13.6. The summed E-state index contributed by atoms with van der Waals surface area (Å²) in [5.41, 5.74) is 16.0. The Labute approximate surface area is 329 Å². The lowest BCUT2D eigenvalue weighted by molar-refractivity contribution is -0.115. The number of aliphatic hydroxyl groups is 1. The fourth-order valence-corrected chi connectivity index (χ4v) is 7.56. The molecule has 1 atom stereocenters. The van der Waals surface area contributed by atoms with E-state index in [4.69, 9.17) is 20.7 Å². The van der Waals surface area contributed by atoms with Crippen LogP contribution in [-0.4, -0.2) is 47.3 Å². The number of aliphatic hydroxyl groups excluding tert-OH is 1. The summed E-state index contributed by atoms with van der Waals surface area (Å²) in [6, 6.07) is 41.2. The predicted octanol–water partition coefficient (Wildman–Crippen LogP) is 8.07. The van der Waals surface area contributed by atoms with Crippen LogP contribution in [0.5, 0.6) is 5.75 Å². The number of carbonyl (C=O) groups excluding carboxylic acids is 1. The van der Waals surface area contributed by atoms with Gasteiger partial charge in [-0.25, -0.2) is 9.97 Å². The monoisotopic (exact) mass is 757 g/mol. The maximum absolute atomic E-state index is 12.3. The number of nitrogens with zero attached hydrogens (tertiary/aromatic N) is 4. The fraction of sp³-hybridized carbons (Fsp3) is 0.0213. The molecule has 0 fully saturated rings. The Morgan fingerprint density at radius 2 is 1.34 bits per heavy atom. The molecule has 0 spiro atoms. The van der Waals surface area contributed by atoms with Gasteiger partial charge in [0.25, 0.3) is 5.56 Å². The summed E-state index contributed by atoms with van der Waals surface area (Å²) in [5.74, 6) is -0.679. The minimum Gasteiger partial charge on any atom is -0.503 e. The molecule has 0 saturated heterocycles. The van der Waals surface area contributed by atoms with Crippen LogP contribution in [-0.2, 0) is 4.79 Å². The third kappa shape index (κ3) is 6.08. The van der Waals surface area contributed by atoms with Crippen molar-refractivity contribution in [3.8, 4) is 61.6 Å². The number of fused-ring (bicyclic) bond motifs is 4. The second-order valence-corrected chi connectivity index (χ2v) is 14.1. The van der Waals surface area contributed by atoms with Crippen LogP contribution in [0.1, 0.15) is 5.56 Å². The van der Waals surface area contributed by atoms with Crippen LogP contribution >= 0.6 is 0 Å². The average molecular weight is 758 g/mol. The second kappa shape index (κ2) is 13.6. The van der Waals surface area contributed by atoms with Gasteiger partial charge in [0.2, 0.25) is 5.91 Å². The van der Waals surface area contributed by atoms with Crippen LogP contribution in [0.4, 0.5) is 5.82 Å². The number of amides is 1. The first kappa shape index (κ1) is 34.5. The number of nitrogens with one attached hydrogen (secondary N) is 2. The zero-order valence-corrected chi connectivity index (χ0v) is 30.5. The molecule has 0 bridgehead atoms. The fourth-order valence-electron chi connectivity index (χ4n) is 7.56. The Morgan fingerprint density at radius 3 is 2.16 bits per heavy atom. The van der Waals surface area contributed by atoms with Crippen LogP contribution < -0.4 is 16.6 Å². The Morgan fingerprint density at radius 1 is 0.638 bits per heavy atom. The maximum atomic E-state index is 12.3. The van der Waals surface area contributed by atoms with Crippen molar-refractivity contribution in [3.63, 3.8) is 0 Å². The van der Waals surface area contributed by atoms with Gasteiger partial charge in [0.05, 0.1) is 28.0 Å². The molecule has 11 heteroatoms. The molecule has 278 valence electrons. The molecule has 1 amide bonds. The number of hydrogen-bond acceptors (Lipinski definition) is 9. The van der Waals surface area contributed by atoms with E-state index in [-0.39, 0.29) is 11.3 Å². The standard InChI is InChI=1S/C47H31N7O4/c48-43(56)37-22-32-20-36(27-11-13-38-29(17-27)10-5-15-49-38)42(52-44(32)53-46(37)57)30-9-4-8-26(16-30)34-19-31-18-28(12-14-39(31)50-24-34)35-21-33-23-40(55)47(58)54-45(33)51-41(35)25-6-2-1-3-7-25/h1-24,46,55,57H,(H2,48,56)(H,52,53)(H,51,54,58). The lowest BCUT2D eigenvalue weighted by Gasteiger charge is -2.24. The van der Waals surface area contributed by atoms with Gasteiger partial charge < -0.3 is 26.2 Å². The smallest absolute Gasteiger partial charge is 0.291 e. The van der Waals surface area contributed by atoms with Gasteiger partial charge in [-0.2, -0.15) is 0 Å². The van der Waals surface area contributed by atoms with Crippen LogP contribution in [0.3, 0.4) is 0 Å². The summed E-state index contributed by atoms with van der Waals surface area (Å²) in [6.07, 6.45) is 3.88. The van der Waals surface area contributed by atoms with Crippen LogP contribution in [0, 0.1) is 0 Å². The lowest BCUT2D eigenvalue weighted by atomic mass is 9.93. The van der Waals surface area contributed by atoms with E-state index >= 15 is 0 Å². The molecule has 1 unspecified atom stereocenters. The molecular weight excluding hydrogens is 727 g/mol. The number of carbonyl (C=O) groups is 1. The number of anilines is 1. The molecule has 4 aromatic carbocycles. The van der Waals surface area contributed by atoms with E-state index < -0.39 is 17.7 Å². The van der Waals surface area contributed by atoms with E-state index in [0.717, 1.165) is 66.3 Å². The number of primary amides is 1. The van der Waals surface area contributed by atoms with Gasteiger partial charge in [-0.15, -0.1) is 0 Å². The van der Waals surface area contributed by atoms with Gasteiger partial charge in [0, 0.05) is 61.9 Å². The van der Waals surface area contributed by atoms with Crippen LogP contribution in [0.15, 0.2) is 150 Å². The maximum Gasteiger partial charge on any atom is 0.291 e. The lowest BCUT2D eigenvalue weighted by Crippen LogP contribution is -2.32. The van der Waals surface area contributed by atoms with Crippen molar-refractivity contribution >= 4 is 50.6 Å². The first-order valence-corrected chi connectivity index (χ1v) is 18.5. The SMILES string of the molecule is NC(=O)C1=Cc2cc(-c3ccc4ncccc4c3)c(-c3cccc(-c4cnc5ccc(-c6cc7cc(O)c(=O)[nH]c7nc6-c6ccccc6)cc5c4)c3)nc2NC1O. The highest BCUT2D eigenvalue weighted by molar-refractivity contribution is 6.01. The van der Waals surface area contributed by atoms with Gasteiger partial charge in [-0.3, -0.25) is 19.6 Å². The number of benzene rings is 4. The Kier molecular flexibility index (Phi) is 8.10. The number of nitrogens with two attached hydrogens (primary N) is 1. The number of rotatable bonds is 6. The first-order valence-electron chi connectivity index (χ1n) is 18.5. The first-order chi connectivity index (χ1) is 28.3. The van der Waals surface area contributed by atoms with E-state index in [1.54, 1.807) is 12.3 Å². The minimum absolute atomic E-state index is 0.0495. The Balaban J connectivity index is 1.10. The highest BCUT2D eigenvalue weighted by Crippen LogP contribution is 2.40. The third-order valence-corrected chi connectivity index (χ3v) is 10.4. The number of hydrogen-bond donors (Lipinski definition) is 5. The molecule has 0 saturated carbocycles. The molecular formula is C47H31N7O4. The van der Waals surface area contributed by atoms with E-state index in [1.807, 2.05) is 103 Å². The number of aromatic nitrogens is 5. The molecule has 5 aromatic heterocycles. The van der Waals surface area contributed by atoms with E-state index in [2.05, 4.69) is 39.6 Å². The molecule has 1 aliphatic rings. The molecule has 6 N–H and O–H groups in total. The largest absolute Gasteiger partial charge is 0.503 e. The van der Waals surface area contributed by atoms with Crippen molar-refractivity contribution in [2.24, 2.45) is 5.73 Å². The quantitative estimate of drug-likeness (QED) is 0.112. The van der Waals surface area contributed by atoms with Gasteiger partial charge in [-0.1, -0.05) is 66.7 Å². The van der Waals surface area contributed by atoms with Crippen molar-refractivity contribution < 1.29 is 15.0 Å². The van der Waals surface area contributed by atoms with Crippen molar-refractivity contribution in [1.29, 1.82) is 0 Å². The van der Waals surface area contributed by atoms with Crippen molar-refractivity contribution in [2.45, 2.75) is 6.23 Å². The zero-order chi connectivity index (χ0) is 39.5. The summed E-state index contributed by atoms with van der Waals surface area (Å²) < 4.78 is 0. The summed E-state index contributed by atoms with van der Waals surface area (Å²) >= 11 is 0. The molecule has 0 aliphatic carbocycles. The number of pyridine rings is 5. The molecule has 1 aliphatic heterocycles. The number of aromatic hydroxyl groups is 1. The van der Waals surface area contributed by atoms with Gasteiger partial charge in [0.15, 0.2) is 12.0 Å². The molecule has 9 aromatic rings. The van der Waals surface area contributed by atoms with Crippen LogP contribution in [0.2, 0.25) is 0 Å². The van der Waals surface area contributed by atoms with Gasteiger partial charge in [-0.05, 0) is 83.4 Å². The van der Waals surface area contributed by atoms with Crippen molar-refractivity contribution in [3.05, 3.63) is 161 Å². The van der Waals surface area contributed by atoms with Gasteiger partial charge >= 0.3 is 0 Å². The topological polar surface area (TPSA) is 180 Å². The van der Waals surface area contributed by atoms with E-state index in [1.165, 1.54) is 6.07 Å². The van der Waals surface area contributed by atoms with Crippen molar-refractivity contribution in [2.75, 3.05) is 5.32 Å². The average Bonchev–Trinajstić information content (AvgIpc) is 3.25. The van der Waals surface area contributed by atoms with Gasteiger partial charge in [0.1, 0.15) is 11.5 Å². The van der Waals surface area contributed by atoms with E-state index in [0.29, 0.717) is 33.8 Å².